The van der Waals surface area contributed by atoms with Crippen LogP contribution in [0.15, 0.2) is 0 Å². The molecule has 1 aliphatic rings. The van der Waals surface area contributed by atoms with Gasteiger partial charge in [0.2, 0.25) is 5.91 Å². The van der Waals surface area contributed by atoms with Crippen molar-refractivity contribution in [2.45, 2.75) is 25.8 Å². The summed E-state index contributed by atoms with van der Waals surface area (Å²) >= 11 is 0. The molecule has 1 aliphatic heterocycles. The Morgan fingerprint density at radius 3 is 2.82 bits per heavy atom. The lowest BCUT2D eigenvalue weighted by molar-refractivity contribution is -0.142. The maximum atomic E-state index is 11.7. The van der Waals surface area contributed by atoms with Gasteiger partial charge < -0.3 is 15.7 Å². The van der Waals surface area contributed by atoms with Crippen LogP contribution < -0.4 is 10.6 Å². The van der Waals surface area contributed by atoms with E-state index in [-0.39, 0.29) is 12.5 Å². The number of carbonyl (C=O) groups excluding carboxylic acids is 1. The third-order valence-electron chi connectivity index (χ3n) is 2.84. The highest BCUT2D eigenvalue weighted by atomic mass is 16.4. The monoisotopic (exact) mass is 243 g/mol. The van der Waals surface area contributed by atoms with Crippen LogP contribution in [0.1, 0.15) is 19.8 Å². The molecule has 6 heteroatoms. The number of carbonyl (C=O) groups is 2. The summed E-state index contributed by atoms with van der Waals surface area (Å²) in [7, 11) is 0. The van der Waals surface area contributed by atoms with E-state index in [9.17, 15) is 9.59 Å². The summed E-state index contributed by atoms with van der Waals surface area (Å²) in [5.74, 6) is -1.18. The van der Waals surface area contributed by atoms with Crippen LogP contribution in [0.25, 0.3) is 0 Å². The molecule has 1 saturated heterocycles. The minimum Gasteiger partial charge on any atom is -0.480 e. The zero-order valence-electron chi connectivity index (χ0n) is 10.2. The Labute approximate surface area is 101 Å². The minimum absolute atomic E-state index is 0.207. The second kappa shape index (κ2) is 7.24. The van der Waals surface area contributed by atoms with Gasteiger partial charge in [-0.25, -0.2) is 4.79 Å². The molecule has 0 aromatic carbocycles. The van der Waals surface area contributed by atoms with Gasteiger partial charge in [-0.1, -0.05) is 6.92 Å². The average Bonchev–Trinajstić information content (AvgIpc) is 2.54. The van der Waals surface area contributed by atoms with Gasteiger partial charge in [-0.3, -0.25) is 9.69 Å². The lowest BCUT2D eigenvalue weighted by Gasteiger charge is -2.20. The molecule has 1 unspecified atom stereocenters. The standard InChI is InChI=1S/C11H21N3O3/c1-2-9(11(16)17)13-10(15)8-14-6-3-4-12-5-7-14/h9,12H,2-8H2,1H3,(H,13,15)(H,16,17). The maximum absolute atomic E-state index is 11.7. The van der Waals surface area contributed by atoms with Gasteiger partial charge >= 0.3 is 5.97 Å². The van der Waals surface area contributed by atoms with Crippen LogP contribution in [0, 0.1) is 0 Å². The largest absolute Gasteiger partial charge is 0.480 e. The fraction of sp³-hybridized carbons (Fsp3) is 0.818. The molecule has 1 atom stereocenters. The Bertz CT molecular complexity index is 263. The number of aliphatic carboxylic acids is 1. The van der Waals surface area contributed by atoms with Gasteiger partial charge in [0.05, 0.1) is 6.54 Å². The fourth-order valence-electron chi connectivity index (χ4n) is 1.84. The molecule has 1 fully saturated rings. The lowest BCUT2D eigenvalue weighted by atomic mass is 10.2. The van der Waals surface area contributed by atoms with E-state index < -0.39 is 12.0 Å². The van der Waals surface area contributed by atoms with E-state index in [0.717, 1.165) is 32.6 Å². The van der Waals surface area contributed by atoms with Crippen molar-refractivity contribution in [3.63, 3.8) is 0 Å². The lowest BCUT2D eigenvalue weighted by Crippen LogP contribution is -2.45. The van der Waals surface area contributed by atoms with E-state index in [1.165, 1.54) is 0 Å². The van der Waals surface area contributed by atoms with E-state index in [1.54, 1.807) is 6.92 Å². The van der Waals surface area contributed by atoms with Crippen molar-refractivity contribution in [3.8, 4) is 0 Å². The van der Waals surface area contributed by atoms with E-state index >= 15 is 0 Å². The van der Waals surface area contributed by atoms with Gasteiger partial charge in [0.1, 0.15) is 6.04 Å². The second-order valence-electron chi connectivity index (χ2n) is 4.25. The highest BCUT2D eigenvalue weighted by Gasteiger charge is 2.19. The van der Waals surface area contributed by atoms with Crippen LogP contribution in [-0.2, 0) is 9.59 Å². The van der Waals surface area contributed by atoms with E-state index in [2.05, 4.69) is 10.6 Å². The first-order chi connectivity index (χ1) is 8.13. The predicted octanol–water partition coefficient (Wildman–Crippen LogP) is -0.739. The molecular formula is C11H21N3O3. The van der Waals surface area contributed by atoms with Crippen LogP contribution >= 0.6 is 0 Å². The first-order valence-corrected chi connectivity index (χ1v) is 6.08. The van der Waals surface area contributed by atoms with Crippen LogP contribution in [-0.4, -0.2) is 60.6 Å². The molecule has 0 saturated carbocycles. The van der Waals surface area contributed by atoms with Crippen molar-refractivity contribution in [1.82, 2.24) is 15.5 Å². The highest BCUT2D eigenvalue weighted by molar-refractivity contribution is 5.84. The normalized spacial score (nSPS) is 19.4. The third-order valence-corrected chi connectivity index (χ3v) is 2.84. The molecule has 17 heavy (non-hydrogen) atoms. The summed E-state index contributed by atoms with van der Waals surface area (Å²) in [6.07, 6.45) is 1.42. The molecule has 0 spiro atoms. The summed E-state index contributed by atoms with van der Waals surface area (Å²) in [6, 6.07) is -0.771. The Kier molecular flexibility index (Phi) is 5.93. The fourth-order valence-corrected chi connectivity index (χ4v) is 1.84. The first kappa shape index (κ1) is 13.9. The number of hydrogen-bond acceptors (Lipinski definition) is 4. The Hall–Kier alpha value is -1.14. The predicted molar refractivity (Wildman–Crippen MR) is 63.8 cm³/mol. The van der Waals surface area contributed by atoms with Gasteiger partial charge in [0.25, 0.3) is 0 Å². The minimum atomic E-state index is -0.974. The molecule has 0 aromatic rings. The first-order valence-electron chi connectivity index (χ1n) is 6.08. The third kappa shape index (κ3) is 5.14. The van der Waals surface area contributed by atoms with Crippen molar-refractivity contribution in [3.05, 3.63) is 0 Å². The second-order valence-corrected chi connectivity index (χ2v) is 4.25. The van der Waals surface area contributed by atoms with Crippen LogP contribution in [0.3, 0.4) is 0 Å². The van der Waals surface area contributed by atoms with E-state index in [4.69, 9.17) is 5.11 Å². The number of hydrogen-bond donors (Lipinski definition) is 3. The molecule has 3 N–H and O–H groups in total. The Morgan fingerprint density at radius 1 is 1.41 bits per heavy atom. The van der Waals surface area contributed by atoms with Crippen LogP contribution in [0.4, 0.5) is 0 Å². The summed E-state index contributed by atoms with van der Waals surface area (Å²) in [6.45, 7) is 5.59. The molecule has 0 aliphatic carbocycles. The molecule has 1 rings (SSSR count). The van der Waals surface area contributed by atoms with E-state index in [1.807, 2.05) is 4.90 Å². The van der Waals surface area contributed by atoms with Crippen molar-refractivity contribution in [2.24, 2.45) is 0 Å². The average molecular weight is 243 g/mol. The number of nitrogens with zero attached hydrogens (tertiary/aromatic N) is 1. The molecular weight excluding hydrogens is 222 g/mol. The number of carboxylic acid groups (broad SMARTS) is 1. The molecule has 6 nitrogen and oxygen atoms in total. The number of carboxylic acids is 1. The van der Waals surface area contributed by atoms with E-state index in [0.29, 0.717) is 6.42 Å². The van der Waals surface area contributed by atoms with Gasteiger partial charge in [0, 0.05) is 13.1 Å². The zero-order chi connectivity index (χ0) is 12.7. The van der Waals surface area contributed by atoms with Gasteiger partial charge in [-0.15, -0.1) is 0 Å². The molecule has 0 bridgehead atoms. The highest BCUT2D eigenvalue weighted by Crippen LogP contribution is 1.96. The van der Waals surface area contributed by atoms with Gasteiger partial charge in [-0.05, 0) is 25.9 Å². The van der Waals surface area contributed by atoms with Gasteiger partial charge in [0.15, 0.2) is 0 Å². The van der Waals surface area contributed by atoms with Crippen molar-refractivity contribution in [1.29, 1.82) is 0 Å². The summed E-state index contributed by atoms with van der Waals surface area (Å²) in [4.78, 5) is 24.5. The number of amides is 1. The summed E-state index contributed by atoms with van der Waals surface area (Å²) in [5.41, 5.74) is 0. The maximum Gasteiger partial charge on any atom is 0.326 e. The van der Waals surface area contributed by atoms with Crippen LogP contribution in [0.2, 0.25) is 0 Å². The zero-order valence-corrected chi connectivity index (χ0v) is 10.2. The Morgan fingerprint density at radius 2 is 2.18 bits per heavy atom. The topological polar surface area (TPSA) is 81.7 Å². The number of nitrogens with one attached hydrogen (secondary N) is 2. The smallest absolute Gasteiger partial charge is 0.326 e. The molecule has 98 valence electrons. The quantitative estimate of drug-likeness (QED) is 0.592. The van der Waals surface area contributed by atoms with Crippen LogP contribution in [0.5, 0.6) is 0 Å². The van der Waals surface area contributed by atoms with Crippen molar-refractivity contribution >= 4 is 11.9 Å². The van der Waals surface area contributed by atoms with Crippen molar-refractivity contribution < 1.29 is 14.7 Å². The summed E-state index contributed by atoms with van der Waals surface area (Å²) in [5, 5.41) is 14.6. The summed E-state index contributed by atoms with van der Waals surface area (Å²) < 4.78 is 0. The number of rotatable bonds is 5. The van der Waals surface area contributed by atoms with Gasteiger partial charge in [-0.2, -0.15) is 0 Å². The SMILES string of the molecule is CCC(NC(=O)CN1CCCNCC1)C(=O)O. The molecule has 1 amide bonds. The molecule has 0 radical (unpaired) electrons. The molecule has 1 heterocycles. The molecule has 0 aromatic heterocycles. The van der Waals surface area contributed by atoms with Crippen molar-refractivity contribution in [2.75, 3.05) is 32.7 Å². The Balaban J connectivity index is 2.34.